The molecule has 0 bridgehead atoms. The maximum atomic E-state index is 9.67. The fraction of sp³-hybridized carbons (Fsp3) is 0.400. The van der Waals surface area contributed by atoms with E-state index < -0.39 is 0 Å². The molecule has 1 N–H and O–H groups in total. The molecule has 2 aromatic rings. The van der Waals surface area contributed by atoms with E-state index in [-0.39, 0.29) is 12.6 Å². The van der Waals surface area contributed by atoms with Gasteiger partial charge in [-0.1, -0.05) is 12.1 Å². The van der Waals surface area contributed by atoms with Crippen LogP contribution in [0.3, 0.4) is 0 Å². The van der Waals surface area contributed by atoms with E-state index in [0.29, 0.717) is 0 Å². The van der Waals surface area contributed by atoms with Gasteiger partial charge >= 0.3 is 0 Å². The first-order chi connectivity index (χ1) is 9.63. The van der Waals surface area contributed by atoms with Crippen LogP contribution in [0.15, 0.2) is 29.6 Å². The fourth-order valence-electron chi connectivity index (χ4n) is 2.17. The summed E-state index contributed by atoms with van der Waals surface area (Å²) in [5.41, 5.74) is 2.12. The van der Waals surface area contributed by atoms with Crippen LogP contribution < -0.4 is 4.74 Å². The average Bonchev–Trinajstić information content (AvgIpc) is 2.85. The van der Waals surface area contributed by atoms with Gasteiger partial charge in [-0.3, -0.25) is 4.90 Å². The van der Waals surface area contributed by atoms with Crippen LogP contribution in [-0.4, -0.2) is 35.8 Å². The number of aromatic nitrogens is 1. The Bertz CT molecular complexity index is 539. The van der Waals surface area contributed by atoms with Gasteiger partial charge in [-0.05, 0) is 31.7 Å². The van der Waals surface area contributed by atoms with Crippen LogP contribution in [0.1, 0.15) is 22.3 Å². The fourth-order valence-corrected chi connectivity index (χ4v) is 2.78. The molecule has 108 valence electrons. The molecule has 5 heteroatoms. The smallest absolute Gasteiger partial charge is 0.118 e. The number of aliphatic hydroxyl groups excluding tert-OH is 1. The van der Waals surface area contributed by atoms with Crippen molar-refractivity contribution < 1.29 is 9.84 Å². The average molecular weight is 292 g/mol. The summed E-state index contributed by atoms with van der Waals surface area (Å²) in [6.45, 7) is 2.80. The molecule has 0 radical (unpaired) electrons. The molecule has 0 spiro atoms. The van der Waals surface area contributed by atoms with E-state index in [4.69, 9.17) is 4.74 Å². The molecule has 0 saturated heterocycles. The van der Waals surface area contributed by atoms with Gasteiger partial charge in [-0.25, -0.2) is 4.98 Å². The SMILES string of the molecule is COc1ccc(C(CO)N(C)Cc2csc(C)n2)cc1. The molecule has 1 atom stereocenters. The van der Waals surface area contributed by atoms with Gasteiger partial charge in [0, 0.05) is 11.9 Å². The number of hydrogen-bond donors (Lipinski definition) is 1. The van der Waals surface area contributed by atoms with E-state index in [0.717, 1.165) is 28.6 Å². The number of methoxy groups -OCH3 is 1. The Morgan fingerprint density at radius 3 is 2.55 bits per heavy atom. The molecule has 0 saturated carbocycles. The van der Waals surface area contributed by atoms with Gasteiger partial charge in [-0.15, -0.1) is 11.3 Å². The molecule has 0 fully saturated rings. The van der Waals surface area contributed by atoms with E-state index in [1.807, 2.05) is 38.2 Å². The monoisotopic (exact) mass is 292 g/mol. The summed E-state index contributed by atoms with van der Waals surface area (Å²) < 4.78 is 5.16. The summed E-state index contributed by atoms with van der Waals surface area (Å²) in [5.74, 6) is 0.822. The second-order valence-corrected chi connectivity index (χ2v) is 5.81. The van der Waals surface area contributed by atoms with Crippen molar-refractivity contribution >= 4 is 11.3 Å². The zero-order valence-electron chi connectivity index (χ0n) is 12.0. The second kappa shape index (κ2) is 6.83. The van der Waals surface area contributed by atoms with Gasteiger partial charge in [0.2, 0.25) is 0 Å². The lowest BCUT2D eigenvalue weighted by Crippen LogP contribution is -2.27. The molecule has 1 unspecified atom stereocenters. The normalized spacial score (nSPS) is 12.7. The number of nitrogens with zero attached hydrogens (tertiary/aromatic N) is 2. The Balaban J connectivity index is 2.09. The van der Waals surface area contributed by atoms with Crippen LogP contribution in [0.5, 0.6) is 5.75 Å². The quantitative estimate of drug-likeness (QED) is 0.889. The van der Waals surface area contributed by atoms with Crippen molar-refractivity contribution in [3.05, 3.63) is 45.9 Å². The molecule has 0 aliphatic rings. The highest BCUT2D eigenvalue weighted by Crippen LogP contribution is 2.23. The van der Waals surface area contributed by atoms with Gasteiger partial charge < -0.3 is 9.84 Å². The van der Waals surface area contributed by atoms with E-state index >= 15 is 0 Å². The number of likely N-dealkylation sites (N-methyl/N-ethyl adjacent to an activating group) is 1. The highest BCUT2D eigenvalue weighted by molar-refractivity contribution is 7.09. The second-order valence-electron chi connectivity index (χ2n) is 4.74. The third-order valence-corrected chi connectivity index (χ3v) is 4.11. The summed E-state index contributed by atoms with van der Waals surface area (Å²) >= 11 is 1.65. The van der Waals surface area contributed by atoms with Gasteiger partial charge in [0.15, 0.2) is 0 Å². The highest BCUT2D eigenvalue weighted by Gasteiger charge is 2.17. The summed E-state index contributed by atoms with van der Waals surface area (Å²) in [5, 5.41) is 12.8. The van der Waals surface area contributed by atoms with Gasteiger partial charge in [0.25, 0.3) is 0 Å². The van der Waals surface area contributed by atoms with E-state index in [1.165, 1.54) is 0 Å². The molecule has 0 aliphatic carbocycles. The lowest BCUT2D eigenvalue weighted by molar-refractivity contribution is 0.141. The van der Waals surface area contributed by atoms with Crippen molar-refractivity contribution in [1.29, 1.82) is 0 Å². The van der Waals surface area contributed by atoms with Gasteiger partial charge in [0.1, 0.15) is 5.75 Å². The van der Waals surface area contributed by atoms with Crippen LogP contribution in [-0.2, 0) is 6.54 Å². The third-order valence-electron chi connectivity index (χ3n) is 3.28. The molecular weight excluding hydrogens is 272 g/mol. The first-order valence-electron chi connectivity index (χ1n) is 6.50. The minimum atomic E-state index is -0.0390. The van der Waals surface area contributed by atoms with E-state index in [9.17, 15) is 5.11 Å². The van der Waals surface area contributed by atoms with E-state index in [1.54, 1.807) is 18.4 Å². The molecule has 2 rings (SSSR count). The molecule has 0 amide bonds. The van der Waals surface area contributed by atoms with Gasteiger partial charge in [-0.2, -0.15) is 0 Å². The number of aryl methyl sites for hydroxylation is 1. The van der Waals surface area contributed by atoms with Crippen LogP contribution in [0.4, 0.5) is 0 Å². The summed E-state index contributed by atoms with van der Waals surface area (Å²) in [4.78, 5) is 6.57. The predicted octanol–water partition coefficient (Wildman–Crippen LogP) is 2.63. The lowest BCUT2D eigenvalue weighted by atomic mass is 10.1. The zero-order valence-corrected chi connectivity index (χ0v) is 12.9. The maximum Gasteiger partial charge on any atom is 0.118 e. The lowest BCUT2D eigenvalue weighted by Gasteiger charge is -2.26. The van der Waals surface area contributed by atoms with Crippen molar-refractivity contribution in [3.63, 3.8) is 0 Å². The first kappa shape index (κ1) is 15.0. The van der Waals surface area contributed by atoms with Crippen molar-refractivity contribution in [2.45, 2.75) is 19.5 Å². The highest BCUT2D eigenvalue weighted by atomic mass is 32.1. The summed E-state index contributed by atoms with van der Waals surface area (Å²) in [7, 11) is 3.65. The Morgan fingerprint density at radius 2 is 2.05 bits per heavy atom. The van der Waals surface area contributed by atoms with Crippen LogP contribution in [0.2, 0.25) is 0 Å². The molecule has 1 aromatic heterocycles. The molecule has 1 heterocycles. The van der Waals surface area contributed by atoms with Crippen LogP contribution >= 0.6 is 11.3 Å². The van der Waals surface area contributed by atoms with Crippen LogP contribution in [0.25, 0.3) is 0 Å². The largest absolute Gasteiger partial charge is 0.497 e. The molecule has 1 aromatic carbocycles. The van der Waals surface area contributed by atoms with Crippen LogP contribution in [0, 0.1) is 6.92 Å². The topological polar surface area (TPSA) is 45.6 Å². The minimum absolute atomic E-state index is 0.0390. The van der Waals surface area contributed by atoms with Crippen molar-refractivity contribution in [3.8, 4) is 5.75 Å². The first-order valence-corrected chi connectivity index (χ1v) is 7.38. The molecule has 0 aliphatic heterocycles. The number of hydrogen-bond acceptors (Lipinski definition) is 5. The Hall–Kier alpha value is -1.43. The minimum Gasteiger partial charge on any atom is -0.497 e. The molecular formula is C15H20N2O2S. The standard InChI is InChI=1S/C15H20N2O2S/c1-11-16-13(10-20-11)8-17(2)15(9-18)12-4-6-14(19-3)7-5-12/h4-7,10,15,18H,8-9H2,1-3H3. The van der Waals surface area contributed by atoms with Crippen molar-refractivity contribution in [2.24, 2.45) is 0 Å². The predicted molar refractivity (Wildman–Crippen MR) is 81.1 cm³/mol. The van der Waals surface area contributed by atoms with Gasteiger partial charge in [0.05, 0.1) is 30.5 Å². The number of rotatable bonds is 6. The van der Waals surface area contributed by atoms with E-state index in [2.05, 4.69) is 15.3 Å². The number of ether oxygens (including phenoxy) is 1. The summed E-state index contributed by atoms with van der Waals surface area (Å²) in [6, 6.07) is 7.77. The molecule has 20 heavy (non-hydrogen) atoms. The number of thiazole rings is 1. The van der Waals surface area contributed by atoms with Crippen molar-refractivity contribution in [2.75, 3.05) is 20.8 Å². The maximum absolute atomic E-state index is 9.67. The Morgan fingerprint density at radius 1 is 1.35 bits per heavy atom. The Kier molecular flexibility index (Phi) is 5.11. The Labute approximate surface area is 123 Å². The number of benzene rings is 1. The third kappa shape index (κ3) is 3.56. The van der Waals surface area contributed by atoms with Crippen molar-refractivity contribution in [1.82, 2.24) is 9.88 Å². The summed E-state index contributed by atoms with van der Waals surface area (Å²) in [6.07, 6.45) is 0. The molecule has 4 nitrogen and oxygen atoms in total. The number of aliphatic hydroxyl groups is 1. The zero-order chi connectivity index (χ0) is 14.5.